The molecule has 3 aliphatic rings. The van der Waals surface area contributed by atoms with Crippen LogP contribution >= 0.6 is 0 Å². The summed E-state index contributed by atoms with van der Waals surface area (Å²) in [5.41, 5.74) is 6.87. The second-order valence-electron chi connectivity index (χ2n) is 7.16. The molecule has 0 amide bonds. The van der Waals surface area contributed by atoms with Gasteiger partial charge in [-0.2, -0.15) is 0 Å². The van der Waals surface area contributed by atoms with Gasteiger partial charge in [0.25, 0.3) is 0 Å². The minimum atomic E-state index is 0.605. The molecular formula is C17H26N4. The lowest BCUT2D eigenvalue weighted by Crippen LogP contribution is -2.48. The Morgan fingerprint density at radius 2 is 1.95 bits per heavy atom. The van der Waals surface area contributed by atoms with Gasteiger partial charge in [-0.15, -0.1) is 0 Å². The monoisotopic (exact) mass is 286 g/mol. The highest BCUT2D eigenvalue weighted by atomic mass is 15.3. The Balaban J connectivity index is 1.29. The van der Waals surface area contributed by atoms with Gasteiger partial charge in [-0.1, -0.05) is 6.42 Å². The fourth-order valence-corrected chi connectivity index (χ4v) is 4.70. The average Bonchev–Trinajstić information content (AvgIpc) is 3.12. The molecular weight excluding hydrogens is 260 g/mol. The van der Waals surface area contributed by atoms with Crippen LogP contribution in [-0.4, -0.2) is 42.6 Å². The van der Waals surface area contributed by atoms with Crippen LogP contribution < -0.4 is 10.6 Å². The van der Waals surface area contributed by atoms with Gasteiger partial charge in [0.1, 0.15) is 5.82 Å². The third-order valence-electron chi connectivity index (χ3n) is 5.89. The van der Waals surface area contributed by atoms with Crippen LogP contribution in [0.4, 0.5) is 11.5 Å². The average molecular weight is 286 g/mol. The van der Waals surface area contributed by atoms with Crippen LogP contribution in [-0.2, 0) is 0 Å². The highest BCUT2D eigenvalue weighted by Crippen LogP contribution is 2.48. The van der Waals surface area contributed by atoms with Gasteiger partial charge in [0.15, 0.2) is 0 Å². The van der Waals surface area contributed by atoms with Crippen molar-refractivity contribution >= 4 is 11.5 Å². The summed E-state index contributed by atoms with van der Waals surface area (Å²) in [7, 11) is 0. The molecule has 1 aromatic rings. The van der Waals surface area contributed by atoms with Gasteiger partial charge in [-0.25, -0.2) is 4.98 Å². The molecule has 0 aromatic carbocycles. The molecule has 1 saturated heterocycles. The summed E-state index contributed by atoms with van der Waals surface area (Å²) in [5, 5.41) is 0. The van der Waals surface area contributed by atoms with Crippen molar-refractivity contribution < 1.29 is 0 Å². The third-order valence-corrected chi connectivity index (χ3v) is 5.89. The predicted molar refractivity (Wildman–Crippen MR) is 86.2 cm³/mol. The van der Waals surface area contributed by atoms with Crippen molar-refractivity contribution in [2.45, 2.75) is 25.7 Å². The Morgan fingerprint density at radius 3 is 2.57 bits per heavy atom. The van der Waals surface area contributed by atoms with E-state index < -0.39 is 0 Å². The molecule has 4 nitrogen and oxygen atoms in total. The number of nitrogens with zero attached hydrogens (tertiary/aromatic N) is 3. The Bertz CT molecular complexity index is 478. The minimum Gasteiger partial charge on any atom is -0.384 e. The summed E-state index contributed by atoms with van der Waals surface area (Å²) in [6.45, 7) is 5.96. The lowest BCUT2D eigenvalue weighted by molar-refractivity contribution is 0.182. The van der Waals surface area contributed by atoms with Gasteiger partial charge >= 0.3 is 0 Å². The largest absolute Gasteiger partial charge is 0.384 e. The molecule has 3 atom stereocenters. The zero-order valence-corrected chi connectivity index (χ0v) is 12.7. The molecule has 3 fully saturated rings. The first kappa shape index (κ1) is 13.4. The van der Waals surface area contributed by atoms with Crippen LogP contribution in [0.3, 0.4) is 0 Å². The molecule has 1 aliphatic heterocycles. The van der Waals surface area contributed by atoms with Gasteiger partial charge in [-0.05, 0) is 49.1 Å². The van der Waals surface area contributed by atoms with E-state index in [-0.39, 0.29) is 0 Å². The Labute approximate surface area is 127 Å². The smallest absolute Gasteiger partial charge is 0.123 e. The SMILES string of the molecule is Nc1ccc(N2CCN(CC3CC4CCC3C4)CC2)cn1. The summed E-state index contributed by atoms with van der Waals surface area (Å²) < 4.78 is 0. The molecule has 4 heteroatoms. The highest BCUT2D eigenvalue weighted by Gasteiger charge is 2.40. The molecule has 114 valence electrons. The number of nitrogen functional groups attached to an aromatic ring is 1. The van der Waals surface area contributed by atoms with Crippen LogP contribution in [0.2, 0.25) is 0 Å². The fourth-order valence-electron chi connectivity index (χ4n) is 4.70. The van der Waals surface area contributed by atoms with E-state index >= 15 is 0 Å². The number of hydrogen-bond acceptors (Lipinski definition) is 4. The molecule has 1 aromatic heterocycles. The number of aromatic nitrogens is 1. The van der Waals surface area contributed by atoms with Gasteiger partial charge < -0.3 is 10.6 Å². The topological polar surface area (TPSA) is 45.4 Å². The molecule has 2 aliphatic carbocycles. The highest BCUT2D eigenvalue weighted by molar-refractivity contribution is 5.48. The summed E-state index contributed by atoms with van der Waals surface area (Å²) in [4.78, 5) is 9.33. The first-order chi connectivity index (χ1) is 10.3. The Morgan fingerprint density at radius 1 is 1.10 bits per heavy atom. The van der Waals surface area contributed by atoms with E-state index in [2.05, 4.69) is 20.9 Å². The number of fused-ring (bicyclic) bond motifs is 2. The van der Waals surface area contributed by atoms with Crippen LogP contribution in [0.1, 0.15) is 25.7 Å². The Hall–Kier alpha value is -1.29. The third kappa shape index (κ3) is 2.73. The molecule has 0 spiro atoms. The molecule has 2 N–H and O–H groups in total. The van der Waals surface area contributed by atoms with Crippen LogP contribution in [0.25, 0.3) is 0 Å². The van der Waals surface area contributed by atoms with Gasteiger partial charge in [-0.3, -0.25) is 4.90 Å². The summed E-state index contributed by atoms with van der Waals surface area (Å²) in [5.74, 6) is 3.72. The zero-order chi connectivity index (χ0) is 14.2. The minimum absolute atomic E-state index is 0.605. The molecule has 21 heavy (non-hydrogen) atoms. The number of anilines is 2. The van der Waals surface area contributed by atoms with E-state index in [0.29, 0.717) is 5.82 Å². The molecule has 2 bridgehead atoms. The fraction of sp³-hybridized carbons (Fsp3) is 0.706. The lowest BCUT2D eigenvalue weighted by atomic mass is 9.88. The molecule has 2 saturated carbocycles. The molecule has 4 rings (SSSR count). The van der Waals surface area contributed by atoms with Crippen LogP contribution in [0.5, 0.6) is 0 Å². The first-order valence-electron chi connectivity index (χ1n) is 8.47. The van der Waals surface area contributed by atoms with Gasteiger partial charge in [0, 0.05) is 32.7 Å². The molecule has 3 unspecified atom stereocenters. The standard InChI is InChI=1S/C17H26N4/c18-17-4-3-16(11-19-17)21-7-5-20(6-8-21)12-15-10-13-1-2-14(15)9-13/h3-4,11,13-15H,1-2,5-10,12H2,(H2,18,19). The van der Waals surface area contributed by atoms with Crippen LogP contribution in [0, 0.1) is 17.8 Å². The summed E-state index contributed by atoms with van der Waals surface area (Å²) >= 11 is 0. The lowest BCUT2D eigenvalue weighted by Gasteiger charge is -2.38. The van der Waals surface area contributed by atoms with Crippen molar-refractivity contribution in [2.75, 3.05) is 43.4 Å². The first-order valence-corrected chi connectivity index (χ1v) is 8.47. The maximum Gasteiger partial charge on any atom is 0.123 e. The molecule has 2 heterocycles. The summed E-state index contributed by atoms with van der Waals surface area (Å²) in [6, 6.07) is 3.99. The second-order valence-corrected chi connectivity index (χ2v) is 7.16. The molecule has 0 radical (unpaired) electrons. The quantitative estimate of drug-likeness (QED) is 0.925. The normalized spacial score (nSPS) is 32.8. The van der Waals surface area contributed by atoms with E-state index in [0.717, 1.165) is 30.8 Å². The predicted octanol–water partition coefficient (Wildman–Crippen LogP) is 2.22. The van der Waals surface area contributed by atoms with Crippen molar-refractivity contribution in [3.63, 3.8) is 0 Å². The van der Waals surface area contributed by atoms with Gasteiger partial charge in [0.2, 0.25) is 0 Å². The number of nitrogens with two attached hydrogens (primary N) is 1. The van der Waals surface area contributed by atoms with Crippen LogP contribution in [0.15, 0.2) is 18.3 Å². The van der Waals surface area contributed by atoms with Crippen molar-refractivity contribution in [3.05, 3.63) is 18.3 Å². The van der Waals surface area contributed by atoms with E-state index in [1.807, 2.05) is 12.3 Å². The van der Waals surface area contributed by atoms with Crippen molar-refractivity contribution in [1.82, 2.24) is 9.88 Å². The van der Waals surface area contributed by atoms with E-state index in [1.54, 1.807) is 0 Å². The zero-order valence-electron chi connectivity index (χ0n) is 12.7. The van der Waals surface area contributed by atoms with Crippen molar-refractivity contribution in [2.24, 2.45) is 17.8 Å². The number of pyridine rings is 1. The van der Waals surface area contributed by atoms with Crippen molar-refractivity contribution in [1.29, 1.82) is 0 Å². The van der Waals surface area contributed by atoms with E-state index in [9.17, 15) is 0 Å². The number of rotatable bonds is 3. The van der Waals surface area contributed by atoms with Crippen molar-refractivity contribution in [3.8, 4) is 0 Å². The number of piperazine rings is 1. The maximum atomic E-state index is 5.66. The maximum absolute atomic E-state index is 5.66. The second kappa shape index (κ2) is 5.48. The van der Waals surface area contributed by atoms with E-state index in [1.165, 1.54) is 51.0 Å². The van der Waals surface area contributed by atoms with E-state index in [4.69, 9.17) is 5.73 Å². The summed E-state index contributed by atoms with van der Waals surface area (Å²) in [6.07, 6.45) is 7.96. The van der Waals surface area contributed by atoms with Gasteiger partial charge in [0.05, 0.1) is 11.9 Å². The Kier molecular flexibility index (Phi) is 3.49. The number of hydrogen-bond donors (Lipinski definition) is 1.